The van der Waals surface area contributed by atoms with E-state index in [0.717, 1.165) is 16.8 Å². The summed E-state index contributed by atoms with van der Waals surface area (Å²) in [4.78, 5) is 15.5. The lowest BCUT2D eigenvalue weighted by Crippen LogP contribution is -2.04. The zero-order valence-corrected chi connectivity index (χ0v) is 11.2. The molecule has 0 N–H and O–H groups in total. The molecule has 1 aromatic carbocycles. The highest BCUT2D eigenvalue weighted by molar-refractivity contribution is 5.81. The van der Waals surface area contributed by atoms with E-state index in [1.807, 2.05) is 19.1 Å². The van der Waals surface area contributed by atoms with E-state index in [9.17, 15) is 4.79 Å². The summed E-state index contributed by atoms with van der Waals surface area (Å²) in [5, 5.41) is 4.87. The number of fused-ring (bicyclic) bond motifs is 1. The highest BCUT2D eigenvalue weighted by atomic mass is 16.5. The van der Waals surface area contributed by atoms with E-state index in [-0.39, 0.29) is 5.63 Å². The van der Waals surface area contributed by atoms with E-state index in [4.69, 9.17) is 9.15 Å². The molecule has 0 unspecified atom stereocenters. The molecular formula is C14H13N3O3. The fourth-order valence-corrected chi connectivity index (χ4v) is 1.99. The Labute approximate surface area is 114 Å². The lowest BCUT2D eigenvalue weighted by Gasteiger charge is -2.07. The van der Waals surface area contributed by atoms with Crippen LogP contribution in [0.3, 0.4) is 0 Å². The van der Waals surface area contributed by atoms with Gasteiger partial charge in [0.25, 0.3) is 0 Å². The van der Waals surface area contributed by atoms with E-state index >= 15 is 0 Å². The number of hydrogen-bond acceptors (Lipinski definition) is 5. The van der Waals surface area contributed by atoms with Crippen molar-refractivity contribution < 1.29 is 9.15 Å². The Hall–Kier alpha value is -2.63. The van der Waals surface area contributed by atoms with E-state index in [2.05, 4.69) is 10.1 Å². The van der Waals surface area contributed by atoms with Crippen molar-refractivity contribution in [3.05, 3.63) is 52.4 Å². The van der Waals surface area contributed by atoms with Crippen LogP contribution < -0.4 is 10.4 Å². The lowest BCUT2D eigenvalue weighted by molar-refractivity contribution is 0.289. The van der Waals surface area contributed by atoms with Crippen molar-refractivity contribution >= 4 is 11.0 Å². The van der Waals surface area contributed by atoms with Gasteiger partial charge in [-0.25, -0.2) is 9.78 Å². The van der Waals surface area contributed by atoms with Crippen LogP contribution in [0, 0.1) is 6.92 Å². The molecule has 6 nitrogen and oxygen atoms in total. The number of hydrogen-bond donors (Lipinski definition) is 0. The molecule has 0 spiro atoms. The van der Waals surface area contributed by atoms with Gasteiger partial charge in [-0.1, -0.05) is 0 Å². The topological polar surface area (TPSA) is 70.2 Å². The summed E-state index contributed by atoms with van der Waals surface area (Å²) in [5.74, 6) is 1.34. The second-order valence-corrected chi connectivity index (χ2v) is 4.49. The molecule has 3 rings (SSSR count). The van der Waals surface area contributed by atoms with Gasteiger partial charge in [0.15, 0.2) is 5.82 Å². The van der Waals surface area contributed by atoms with Gasteiger partial charge in [0.05, 0.1) is 0 Å². The third-order valence-corrected chi connectivity index (χ3v) is 3.10. The first-order valence-electron chi connectivity index (χ1n) is 6.13. The Kier molecular flexibility index (Phi) is 2.98. The molecule has 0 saturated carbocycles. The summed E-state index contributed by atoms with van der Waals surface area (Å²) in [6, 6.07) is 6.90. The number of ether oxygens (including phenoxy) is 1. The van der Waals surface area contributed by atoms with Crippen LogP contribution in [-0.2, 0) is 13.7 Å². The van der Waals surface area contributed by atoms with Crippen molar-refractivity contribution in [3.8, 4) is 5.75 Å². The van der Waals surface area contributed by atoms with Gasteiger partial charge in [0.1, 0.15) is 24.3 Å². The van der Waals surface area contributed by atoms with E-state index < -0.39 is 0 Å². The van der Waals surface area contributed by atoms with Crippen LogP contribution in [0.4, 0.5) is 0 Å². The average molecular weight is 271 g/mol. The molecule has 0 fully saturated rings. The predicted molar refractivity (Wildman–Crippen MR) is 72.6 cm³/mol. The summed E-state index contributed by atoms with van der Waals surface area (Å²) in [7, 11) is 1.80. The standard InChI is InChI=1S/C14H13N3O3/c1-9-5-14(18)20-12-6-10(3-4-11(9)12)19-7-13-15-8-16-17(13)2/h3-6,8H,7H2,1-2H3. The van der Waals surface area contributed by atoms with Gasteiger partial charge in [-0.05, 0) is 24.6 Å². The number of aromatic nitrogens is 3. The average Bonchev–Trinajstić information content (AvgIpc) is 2.81. The minimum Gasteiger partial charge on any atom is -0.485 e. The lowest BCUT2D eigenvalue weighted by atomic mass is 10.1. The Morgan fingerprint density at radius 2 is 2.20 bits per heavy atom. The Bertz CT molecular complexity index is 820. The molecule has 0 amide bonds. The first kappa shape index (κ1) is 12.4. The van der Waals surface area contributed by atoms with Crippen LogP contribution in [0.5, 0.6) is 5.75 Å². The van der Waals surface area contributed by atoms with Gasteiger partial charge in [-0.3, -0.25) is 4.68 Å². The Morgan fingerprint density at radius 1 is 1.35 bits per heavy atom. The molecule has 0 aliphatic rings. The van der Waals surface area contributed by atoms with Crippen LogP contribution in [0.15, 0.2) is 39.8 Å². The highest BCUT2D eigenvalue weighted by Gasteiger charge is 2.06. The molecule has 2 heterocycles. The van der Waals surface area contributed by atoms with Gasteiger partial charge in [0, 0.05) is 24.6 Å². The van der Waals surface area contributed by atoms with Crippen molar-refractivity contribution in [1.82, 2.24) is 14.8 Å². The first-order chi connectivity index (χ1) is 9.63. The van der Waals surface area contributed by atoms with Crippen molar-refractivity contribution in [2.24, 2.45) is 7.05 Å². The molecule has 20 heavy (non-hydrogen) atoms. The molecular weight excluding hydrogens is 258 g/mol. The maximum Gasteiger partial charge on any atom is 0.336 e. The number of aryl methyl sites for hydroxylation is 2. The largest absolute Gasteiger partial charge is 0.485 e. The van der Waals surface area contributed by atoms with Crippen LogP contribution >= 0.6 is 0 Å². The first-order valence-corrected chi connectivity index (χ1v) is 6.13. The molecule has 0 bridgehead atoms. The fourth-order valence-electron chi connectivity index (χ4n) is 1.99. The highest BCUT2D eigenvalue weighted by Crippen LogP contribution is 2.22. The zero-order chi connectivity index (χ0) is 14.1. The molecule has 0 radical (unpaired) electrons. The Balaban J connectivity index is 1.89. The van der Waals surface area contributed by atoms with Gasteiger partial charge in [-0.15, -0.1) is 0 Å². The monoisotopic (exact) mass is 271 g/mol. The van der Waals surface area contributed by atoms with E-state index in [1.54, 1.807) is 17.8 Å². The van der Waals surface area contributed by atoms with Crippen LogP contribution in [0.2, 0.25) is 0 Å². The molecule has 0 atom stereocenters. The van der Waals surface area contributed by atoms with Gasteiger partial charge >= 0.3 is 5.63 Å². The minimum atomic E-state index is -0.361. The van der Waals surface area contributed by atoms with Crippen LogP contribution in [-0.4, -0.2) is 14.8 Å². The van der Waals surface area contributed by atoms with Crippen molar-refractivity contribution in [3.63, 3.8) is 0 Å². The second-order valence-electron chi connectivity index (χ2n) is 4.49. The molecule has 0 aliphatic heterocycles. The van der Waals surface area contributed by atoms with Crippen LogP contribution in [0.25, 0.3) is 11.0 Å². The molecule has 0 saturated heterocycles. The third-order valence-electron chi connectivity index (χ3n) is 3.10. The Morgan fingerprint density at radius 3 is 2.95 bits per heavy atom. The van der Waals surface area contributed by atoms with Gasteiger partial charge in [0.2, 0.25) is 0 Å². The molecule has 6 heteroatoms. The predicted octanol–water partition coefficient (Wildman–Crippen LogP) is 1.81. The smallest absolute Gasteiger partial charge is 0.336 e. The summed E-state index contributed by atoms with van der Waals surface area (Å²) < 4.78 is 12.5. The zero-order valence-electron chi connectivity index (χ0n) is 11.2. The number of nitrogens with zero attached hydrogens (tertiary/aromatic N) is 3. The third kappa shape index (κ3) is 2.27. The summed E-state index contributed by atoms with van der Waals surface area (Å²) in [6.07, 6.45) is 1.47. The number of rotatable bonds is 3. The maximum absolute atomic E-state index is 11.4. The number of benzene rings is 1. The molecule has 0 aliphatic carbocycles. The molecule has 2 aromatic heterocycles. The van der Waals surface area contributed by atoms with Crippen LogP contribution in [0.1, 0.15) is 11.4 Å². The van der Waals surface area contributed by atoms with E-state index in [0.29, 0.717) is 17.9 Å². The summed E-state index contributed by atoms with van der Waals surface area (Å²) >= 11 is 0. The maximum atomic E-state index is 11.4. The normalized spacial score (nSPS) is 10.9. The summed E-state index contributed by atoms with van der Waals surface area (Å²) in [5.41, 5.74) is 1.04. The van der Waals surface area contributed by atoms with Gasteiger partial charge in [-0.2, -0.15) is 5.10 Å². The SMILES string of the molecule is Cc1cc(=O)oc2cc(OCc3ncnn3C)ccc12. The van der Waals surface area contributed by atoms with Crippen molar-refractivity contribution in [1.29, 1.82) is 0 Å². The van der Waals surface area contributed by atoms with Crippen molar-refractivity contribution in [2.75, 3.05) is 0 Å². The van der Waals surface area contributed by atoms with Crippen molar-refractivity contribution in [2.45, 2.75) is 13.5 Å². The molecule has 3 aromatic rings. The fraction of sp³-hybridized carbons (Fsp3) is 0.214. The summed E-state index contributed by atoms with van der Waals surface area (Å²) in [6.45, 7) is 2.18. The quantitative estimate of drug-likeness (QED) is 0.679. The van der Waals surface area contributed by atoms with Gasteiger partial charge < -0.3 is 9.15 Å². The minimum absolute atomic E-state index is 0.304. The van der Waals surface area contributed by atoms with E-state index in [1.165, 1.54) is 12.4 Å². The second kappa shape index (κ2) is 4.80. The molecule has 102 valence electrons.